The number of thiazole rings is 2. The van der Waals surface area contributed by atoms with Gasteiger partial charge in [-0.3, -0.25) is 20.2 Å². The Balaban J connectivity index is 0.000000224. The first-order chi connectivity index (χ1) is 28.0. The average Bonchev–Trinajstić information content (AvgIpc) is 3.81. The first kappa shape index (κ1) is 45.3. The van der Waals surface area contributed by atoms with Gasteiger partial charge in [-0.2, -0.15) is 0 Å². The van der Waals surface area contributed by atoms with Gasteiger partial charge in [0.25, 0.3) is 0 Å². The molecule has 4 aromatic rings. The molecule has 2 aliphatic rings. The Labute approximate surface area is 353 Å². The number of anilines is 6. The molecule has 2 aliphatic heterocycles. The van der Waals surface area contributed by atoms with Gasteiger partial charge in [-0.1, -0.05) is 12.1 Å². The van der Waals surface area contributed by atoms with E-state index in [1.807, 2.05) is 42.8 Å². The second-order valence-electron chi connectivity index (χ2n) is 14.4. The topological polar surface area (TPSA) is 224 Å². The lowest BCUT2D eigenvalue weighted by molar-refractivity contribution is -0.118. The highest BCUT2D eigenvalue weighted by atomic mass is 32.2. The van der Waals surface area contributed by atoms with Crippen molar-refractivity contribution in [1.82, 2.24) is 19.4 Å². The Morgan fingerprint density at radius 2 is 1.10 bits per heavy atom. The van der Waals surface area contributed by atoms with E-state index < -0.39 is 32.0 Å². The Morgan fingerprint density at radius 3 is 1.56 bits per heavy atom. The molecule has 2 saturated heterocycles. The summed E-state index contributed by atoms with van der Waals surface area (Å²) in [5.74, 6) is -0.650. The molecule has 0 atom stereocenters. The molecule has 0 unspecified atom stereocenters. The predicted octanol–water partition coefficient (Wildman–Crippen LogP) is 5.88. The zero-order chi connectivity index (χ0) is 42.6. The number of sulfonamides is 2. The predicted molar refractivity (Wildman–Crippen MR) is 237 cm³/mol. The third-order valence-electron chi connectivity index (χ3n) is 9.11. The molecule has 2 fully saturated rings. The molecule has 0 radical (unpaired) electrons. The Morgan fingerprint density at radius 1 is 0.644 bits per heavy atom. The maximum Gasteiger partial charge on any atom is 0.325 e. The van der Waals surface area contributed by atoms with Crippen LogP contribution in [0.25, 0.3) is 0 Å². The van der Waals surface area contributed by atoms with E-state index in [4.69, 9.17) is 0 Å². The van der Waals surface area contributed by atoms with Gasteiger partial charge >= 0.3 is 12.1 Å². The Hall–Kier alpha value is -4.83. The molecule has 21 heteroatoms. The van der Waals surface area contributed by atoms with Crippen LogP contribution in [0, 0.1) is 13.8 Å². The number of carbonyl (C=O) groups excluding carboxylic acids is 3. The molecule has 4 heterocycles. The molecule has 17 nitrogen and oxygen atoms in total. The molecule has 5 amide bonds. The summed E-state index contributed by atoms with van der Waals surface area (Å²) < 4.78 is 48.8. The third-order valence-corrected chi connectivity index (χ3v) is 12.3. The fourth-order valence-electron chi connectivity index (χ4n) is 6.48. The van der Waals surface area contributed by atoms with E-state index in [1.54, 1.807) is 6.20 Å². The quantitative estimate of drug-likeness (QED) is 0.0930. The number of nitrogens with zero attached hydrogens (tertiary/aromatic N) is 4. The van der Waals surface area contributed by atoms with E-state index in [-0.39, 0.29) is 12.5 Å². The van der Waals surface area contributed by atoms with Crippen LogP contribution < -0.4 is 40.5 Å². The molecular formula is C38H52N10O7S4. The maximum atomic E-state index is 12.5. The largest absolute Gasteiger partial charge is 0.370 e. The van der Waals surface area contributed by atoms with Gasteiger partial charge in [0.15, 0.2) is 10.3 Å². The van der Waals surface area contributed by atoms with Crippen molar-refractivity contribution >= 4 is 93.7 Å². The first-order valence-corrected chi connectivity index (χ1v) is 24.6. The van der Waals surface area contributed by atoms with Gasteiger partial charge in [0.1, 0.15) is 0 Å². The molecule has 6 N–H and O–H groups in total. The highest BCUT2D eigenvalue weighted by Gasteiger charge is 2.19. The summed E-state index contributed by atoms with van der Waals surface area (Å²) in [6.45, 7) is 8.29. The molecule has 0 aliphatic carbocycles. The summed E-state index contributed by atoms with van der Waals surface area (Å²) in [6, 6.07) is 11.2. The summed E-state index contributed by atoms with van der Waals surface area (Å²) in [6.07, 6.45) is 12.6. The van der Waals surface area contributed by atoms with Gasteiger partial charge < -0.3 is 20.4 Å². The van der Waals surface area contributed by atoms with Crippen molar-refractivity contribution in [2.24, 2.45) is 0 Å². The fraction of sp³-hybridized carbons (Fsp3) is 0.447. The number of rotatable bonds is 13. The second kappa shape index (κ2) is 20.9. The van der Waals surface area contributed by atoms with Crippen molar-refractivity contribution in [3.63, 3.8) is 0 Å². The van der Waals surface area contributed by atoms with Crippen LogP contribution in [0.1, 0.15) is 59.4 Å². The van der Waals surface area contributed by atoms with Gasteiger partial charge in [0.05, 0.1) is 41.7 Å². The van der Waals surface area contributed by atoms with E-state index in [2.05, 4.69) is 57.9 Å². The summed E-state index contributed by atoms with van der Waals surface area (Å²) in [5, 5.41) is 12.0. The van der Waals surface area contributed by atoms with E-state index in [0.29, 0.717) is 28.1 Å². The van der Waals surface area contributed by atoms with Crippen LogP contribution in [0.2, 0.25) is 0 Å². The minimum absolute atomic E-state index is 0.134. The lowest BCUT2D eigenvalue weighted by Gasteiger charge is -2.30. The Bertz CT molecular complexity index is 2300. The zero-order valence-electron chi connectivity index (χ0n) is 33.6. The molecule has 2 aromatic carbocycles. The number of hydrogen-bond donors (Lipinski definition) is 6. The van der Waals surface area contributed by atoms with Crippen molar-refractivity contribution < 1.29 is 31.2 Å². The van der Waals surface area contributed by atoms with Gasteiger partial charge in [0, 0.05) is 54.9 Å². The number of carbonyl (C=O) groups is 3. The molecule has 59 heavy (non-hydrogen) atoms. The lowest BCUT2D eigenvalue weighted by atomic mass is 10.1. The lowest BCUT2D eigenvalue weighted by Crippen LogP contribution is -2.31. The number of nitrogens with one attached hydrogen (secondary N) is 6. The van der Waals surface area contributed by atoms with Crippen LogP contribution >= 0.6 is 22.7 Å². The Kier molecular flexibility index (Phi) is 16.0. The van der Waals surface area contributed by atoms with E-state index in [9.17, 15) is 31.2 Å². The average molecular weight is 889 g/mol. The maximum absolute atomic E-state index is 12.5. The summed E-state index contributed by atoms with van der Waals surface area (Å²) in [4.78, 5) is 51.0. The van der Waals surface area contributed by atoms with Crippen LogP contribution in [0.4, 0.5) is 42.6 Å². The van der Waals surface area contributed by atoms with Crippen LogP contribution in [-0.4, -0.2) is 90.0 Å². The molecule has 6 rings (SSSR count). The normalized spacial score (nSPS) is 14.4. The number of aryl methyl sites for hydroxylation is 2. The summed E-state index contributed by atoms with van der Waals surface area (Å²) >= 11 is 2.44. The van der Waals surface area contributed by atoms with Crippen LogP contribution in [0.15, 0.2) is 48.8 Å². The number of amides is 5. The molecule has 0 spiro atoms. The van der Waals surface area contributed by atoms with Crippen molar-refractivity contribution in [1.29, 1.82) is 0 Å². The highest BCUT2D eigenvalue weighted by molar-refractivity contribution is 7.89. The molecule has 0 bridgehead atoms. The first-order valence-electron chi connectivity index (χ1n) is 19.2. The van der Waals surface area contributed by atoms with Crippen LogP contribution in [0.3, 0.4) is 0 Å². The minimum atomic E-state index is -3.61. The van der Waals surface area contributed by atoms with Gasteiger partial charge in [-0.05, 0) is 94.2 Å². The van der Waals surface area contributed by atoms with E-state index in [0.717, 1.165) is 114 Å². The molecular weight excluding hydrogens is 837 g/mol. The van der Waals surface area contributed by atoms with E-state index in [1.165, 1.54) is 30.4 Å². The van der Waals surface area contributed by atoms with Crippen LogP contribution in [0.5, 0.6) is 0 Å². The monoisotopic (exact) mass is 888 g/mol. The SMILES string of the molecule is Cc1ccc(NC(=O)Nc2ncc(CC(=O)NS(C)(=O)=O)s2)c(N2CCCCC2)c1.Cc1ccc(NC(=O)Nc2ncc(CCNS(C)(=O)=O)s2)c(N2CCCCC2)c1. The van der Waals surface area contributed by atoms with Gasteiger partial charge in [-0.15, -0.1) is 22.7 Å². The van der Waals surface area contributed by atoms with Gasteiger partial charge in [-0.25, -0.2) is 41.1 Å². The summed E-state index contributed by atoms with van der Waals surface area (Å²) in [7, 11) is -6.81. The molecule has 0 saturated carbocycles. The smallest absolute Gasteiger partial charge is 0.325 e. The van der Waals surface area contributed by atoms with Crippen molar-refractivity contribution in [3.05, 3.63) is 69.7 Å². The zero-order valence-corrected chi connectivity index (χ0v) is 36.9. The third kappa shape index (κ3) is 15.4. The van der Waals surface area contributed by atoms with E-state index >= 15 is 0 Å². The van der Waals surface area contributed by atoms with Crippen molar-refractivity contribution in [2.45, 2.75) is 65.2 Å². The summed E-state index contributed by atoms with van der Waals surface area (Å²) in [5.41, 5.74) is 5.84. The molecule has 2 aromatic heterocycles. The number of urea groups is 2. The fourth-order valence-corrected chi connectivity index (χ4v) is 9.05. The highest BCUT2D eigenvalue weighted by Crippen LogP contribution is 2.31. The standard InChI is InChI=1S/C19H25N5O4S2.C19H27N5O3S2/c1-13-6-7-15(16(10-13)24-8-4-3-5-9-24)21-18(26)22-19-20-12-14(29-19)11-17(25)23-30(2,27)28;1-14-6-7-16(17(12-14)24-10-4-3-5-11-24)22-18(25)23-19-20-13-15(28-19)8-9-21-29(2,26)27/h6-7,10,12H,3-5,8-9,11H2,1-2H3,(H,23,25)(H2,20,21,22,26);6-7,12-13,21H,3-5,8-11H2,1-2H3,(H2,20,22,23,25). The van der Waals surface area contributed by atoms with Crippen molar-refractivity contribution in [3.8, 4) is 0 Å². The number of piperidine rings is 2. The second-order valence-corrected chi connectivity index (χ2v) is 20.3. The minimum Gasteiger partial charge on any atom is -0.370 e. The number of hydrogen-bond acceptors (Lipinski definition) is 13. The van der Waals surface area contributed by atoms with Crippen molar-refractivity contribution in [2.75, 3.05) is 76.3 Å². The van der Waals surface area contributed by atoms with Crippen LogP contribution in [-0.2, 0) is 37.7 Å². The number of benzene rings is 2. The molecule has 320 valence electrons. The number of aromatic nitrogens is 2. The van der Waals surface area contributed by atoms with Gasteiger partial charge in [0.2, 0.25) is 26.0 Å².